The van der Waals surface area contributed by atoms with Crippen LogP contribution in [0.25, 0.3) is 11.3 Å². The van der Waals surface area contributed by atoms with Gasteiger partial charge in [-0.15, -0.1) is 0 Å². The Morgan fingerprint density at radius 2 is 2.26 bits per heavy atom. The summed E-state index contributed by atoms with van der Waals surface area (Å²) in [6.45, 7) is 4.12. The van der Waals surface area contributed by atoms with Gasteiger partial charge in [-0.05, 0) is 44.5 Å². The maximum absolute atomic E-state index is 4.74. The summed E-state index contributed by atoms with van der Waals surface area (Å²) in [7, 11) is 0. The third-order valence-corrected chi connectivity index (χ3v) is 3.49. The van der Waals surface area contributed by atoms with Crippen molar-refractivity contribution < 1.29 is 0 Å². The standard InChI is InChI=1S/C15H18N4/c1-11-8-14(12-4-2-6-16-9-12)19-15(18-11)13-5-3-7-17-10-13/h2,4,6,8-9,13,17H,3,5,7,10H2,1H3. The molecule has 0 spiro atoms. The summed E-state index contributed by atoms with van der Waals surface area (Å²) in [5.74, 6) is 1.40. The van der Waals surface area contributed by atoms with Gasteiger partial charge in [0.25, 0.3) is 0 Å². The summed E-state index contributed by atoms with van der Waals surface area (Å²) in [6.07, 6.45) is 6.00. The highest BCUT2D eigenvalue weighted by Gasteiger charge is 2.18. The first-order valence-corrected chi connectivity index (χ1v) is 6.79. The average molecular weight is 254 g/mol. The zero-order valence-corrected chi connectivity index (χ0v) is 11.1. The molecule has 1 aliphatic heterocycles. The van der Waals surface area contributed by atoms with Crippen molar-refractivity contribution in [1.82, 2.24) is 20.3 Å². The van der Waals surface area contributed by atoms with E-state index in [4.69, 9.17) is 4.98 Å². The molecular weight excluding hydrogens is 236 g/mol. The van der Waals surface area contributed by atoms with Gasteiger partial charge in [-0.2, -0.15) is 0 Å². The molecular formula is C15H18N4. The lowest BCUT2D eigenvalue weighted by Gasteiger charge is -2.22. The van der Waals surface area contributed by atoms with Crippen molar-refractivity contribution in [3.8, 4) is 11.3 Å². The molecule has 1 saturated heterocycles. The van der Waals surface area contributed by atoms with E-state index in [1.807, 2.05) is 31.3 Å². The Kier molecular flexibility index (Phi) is 3.51. The minimum absolute atomic E-state index is 0.434. The Morgan fingerprint density at radius 3 is 3.00 bits per heavy atom. The highest BCUT2D eigenvalue weighted by molar-refractivity contribution is 5.57. The monoisotopic (exact) mass is 254 g/mol. The summed E-state index contributed by atoms with van der Waals surface area (Å²) >= 11 is 0. The Hall–Kier alpha value is -1.81. The van der Waals surface area contributed by atoms with Gasteiger partial charge in [0.15, 0.2) is 0 Å². The third kappa shape index (κ3) is 2.79. The molecule has 1 atom stereocenters. The smallest absolute Gasteiger partial charge is 0.133 e. The molecule has 0 aliphatic carbocycles. The van der Waals surface area contributed by atoms with E-state index in [1.165, 1.54) is 12.8 Å². The molecule has 1 N–H and O–H groups in total. The number of rotatable bonds is 2. The van der Waals surface area contributed by atoms with Gasteiger partial charge in [0.05, 0.1) is 5.69 Å². The maximum atomic E-state index is 4.74. The van der Waals surface area contributed by atoms with Gasteiger partial charge in [-0.3, -0.25) is 4.98 Å². The molecule has 0 amide bonds. The first-order valence-electron chi connectivity index (χ1n) is 6.79. The van der Waals surface area contributed by atoms with Crippen molar-refractivity contribution in [3.63, 3.8) is 0 Å². The van der Waals surface area contributed by atoms with E-state index >= 15 is 0 Å². The van der Waals surface area contributed by atoms with Crippen LogP contribution in [-0.4, -0.2) is 28.0 Å². The fourth-order valence-electron chi connectivity index (χ4n) is 2.51. The number of nitrogens with one attached hydrogen (secondary N) is 1. The van der Waals surface area contributed by atoms with Crippen molar-refractivity contribution in [3.05, 3.63) is 42.1 Å². The summed E-state index contributed by atoms with van der Waals surface area (Å²) < 4.78 is 0. The molecule has 1 aliphatic rings. The molecule has 0 saturated carbocycles. The van der Waals surface area contributed by atoms with Crippen LogP contribution in [0.4, 0.5) is 0 Å². The minimum Gasteiger partial charge on any atom is -0.316 e. The second-order valence-electron chi connectivity index (χ2n) is 5.04. The lowest BCUT2D eigenvalue weighted by molar-refractivity contribution is 0.446. The predicted molar refractivity (Wildman–Crippen MR) is 74.8 cm³/mol. The van der Waals surface area contributed by atoms with Crippen LogP contribution in [0, 0.1) is 6.92 Å². The molecule has 0 bridgehead atoms. The number of pyridine rings is 1. The Balaban J connectivity index is 1.96. The van der Waals surface area contributed by atoms with E-state index in [2.05, 4.69) is 15.3 Å². The fraction of sp³-hybridized carbons (Fsp3) is 0.400. The molecule has 2 aromatic rings. The van der Waals surface area contributed by atoms with E-state index in [9.17, 15) is 0 Å². The van der Waals surface area contributed by atoms with Crippen molar-refractivity contribution in [1.29, 1.82) is 0 Å². The topological polar surface area (TPSA) is 50.7 Å². The lowest BCUT2D eigenvalue weighted by atomic mass is 9.98. The highest BCUT2D eigenvalue weighted by atomic mass is 14.9. The van der Waals surface area contributed by atoms with Crippen LogP contribution < -0.4 is 5.32 Å². The molecule has 0 aromatic carbocycles. The maximum Gasteiger partial charge on any atom is 0.133 e. The summed E-state index contributed by atoms with van der Waals surface area (Å²) in [4.78, 5) is 13.5. The van der Waals surface area contributed by atoms with Gasteiger partial charge >= 0.3 is 0 Å². The third-order valence-electron chi connectivity index (χ3n) is 3.49. The van der Waals surface area contributed by atoms with Gasteiger partial charge in [0.1, 0.15) is 5.82 Å². The lowest BCUT2D eigenvalue weighted by Crippen LogP contribution is -2.29. The Morgan fingerprint density at radius 1 is 1.32 bits per heavy atom. The second-order valence-corrected chi connectivity index (χ2v) is 5.04. The Bertz CT molecular complexity index is 547. The van der Waals surface area contributed by atoms with Crippen LogP contribution in [0.2, 0.25) is 0 Å². The largest absolute Gasteiger partial charge is 0.316 e. The van der Waals surface area contributed by atoms with Crippen LogP contribution >= 0.6 is 0 Å². The molecule has 98 valence electrons. The Labute approximate surface area is 113 Å². The number of nitrogens with zero attached hydrogens (tertiary/aromatic N) is 3. The SMILES string of the molecule is Cc1cc(-c2cccnc2)nc(C2CCCNC2)n1. The van der Waals surface area contributed by atoms with Gasteiger partial charge in [-0.1, -0.05) is 0 Å². The first-order chi connectivity index (χ1) is 9.33. The van der Waals surface area contributed by atoms with Crippen molar-refractivity contribution in [2.75, 3.05) is 13.1 Å². The van der Waals surface area contributed by atoms with Crippen LogP contribution in [0.1, 0.15) is 30.3 Å². The minimum atomic E-state index is 0.434. The van der Waals surface area contributed by atoms with E-state index in [0.29, 0.717) is 5.92 Å². The van der Waals surface area contributed by atoms with Gasteiger partial charge in [0, 0.05) is 36.1 Å². The molecule has 1 unspecified atom stereocenters. The van der Waals surface area contributed by atoms with Crippen molar-refractivity contribution in [2.24, 2.45) is 0 Å². The number of aryl methyl sites for hydroxylation is 1. The molecule has 3 rings (SSSR count). The quantitative estimate of drug-likeness (QED) is 0.893. The van der Waals surface area contributed by atoms with E-state index in [1.54, 1.807) is 6.20 Å². The number of aromatic nitrogens is 3. The van der Waals surface area contributed by atoms with E-state index < -0.39 is 0 Å². The number of piperidine rings is 1. The average Bonchev–Trinajstić information content (AvgIpc) is 2.48. The molecule has 4 heteroatoms. The molecule has 1 fully saturated rings. The normalized spacial score (nSPS) is 19.3. The van der Waals surface area contributed by atoms with Gasteiger partial charge in [0.2, 0.25) is 0 Å². The zero-order chi connectivity index (χ0) is 13.1. The zero-order valence-electron chi connectivity index (χ0n) is 11.1. The number of hydrogen-bond donors (Lipinski definition) is 1. The van der Waals surface area contributed by atoms with Crippen molar-refractivity contribution in [2.45, 2.75) is 25.7 Å². The summed E-state index contributed by atoms with van der Waals surface area (Å²) in [5.41, 5.74) is 3.05. The van der Waals surface area contributed by atoms with Crippen molar-refractivity contribution >= 4 is 0 Å². The van der Waals surface area contributed by atoms with Crippen LogP contribution in [-0.2, 0) is 0 Å². The summed E-state index contributed by atoms with van der Waals surface area (Å²) in [5, 5.41) is 3.42. The van der Waals surface area contributed by atoms with E-state index in [0.717, 1.165) is 35.9 Å². The van der Waals surface area contributed by atoms with Crippen LogP contribution in [0.5, 0.6) is 0 Å². The molecule has 19 heavy (non-hydrogen) atoms. The van der Waals surface area contributed by atoms with Crippen LogP contribution in [0.3, 0.4) is 0 Å². The van der Waals surface area contributed by atoms with Gasteiger partial charge < -0.3 is 5.32 Å². The van der Waals surface area contributed by atoms with E-state index in [-0.39, 0.29) is 0 Å². The van der Waals surface area contributed by atoms with Gasteiger partial charge in [-0.25, -0.2) is 9.97 Å². The highest BCUT2D eigenvalue weighted by Crippen LogP contribution is 2.23. The second kappa shape index (κ2) is 5.45. The number of hydrogen-bond acceptors (Lipinski definition) is 4. The predicted octanol–water partition coefficient (Wildman–Crippen LogP) is 2.31. The molecule has 2 aromatic heterocycles. The molecule has 3 heterocycles. The molecule has 0 radical (unpaired) electrons. The molecule has 4 nitrogen and oxygen atoms in total. The first kappa shape index (κ1) is 12.2. The summed E-state index contributed by atoms with van der Waals surface area (Å²) in [6, 6.07) is 6.00. The van der Waals surface area contributed by atoms with Crippen LogP contribution in [0.15, 0.2) is 30.6 Å². The fourth-order valence-corrected chi connectivity index (χ4v) is 2.51.